The molecule has 0 unspecified atom stereocenters. The Kier molecular flexibility index (Phi) is 6.75. The number of rotatable bonds is 7. The minimum absolute atomic E-state index is 0.0753. The first-order chi connectivity index (χ1) is 15.5. The third-order valence-electron chi connectivity index (χ3n) is 5.43. The van der Waals surface area contributed by atoms with Crippen molar-refractivity contribution in [3.05, 3.63) is 65.5 Å². The fraction of sp³-hybridized carbons (Fsp3) is 0.304. The number of nitrogens with zero attached hydrogens (tertiary/aromatic N) is 4. The number of benzene rings is 2. The summed E-state index contributed by atoms with van der Waals surface area (Å²) < 4.78 is 6.88. The number of thioether (sulfide) groups is 1. The van der Waals surface area contributed by atoms with E-state index in [-0.39, 0.29) is 24.0 Å². The molecule has 1 N–H and O–H groups in total. The van der Waals surface area contributed by atoms with Crippen LogP contribution in [0.5, 0.6) is 5.75 Å². The van der Waals surface area contributed by atoms with Crippen molar-refractivity contribution in [2.75, 3.05) is 24.7 Å². The average Bonchev–Trinajstić information content (AvgIpc) is 3.16. The van der Waals surface area contributed by atoms with Gasteiger partial charge < -0.3 is 19.5 Å². The van der Waals surface area contributed by atoms with Crippen LogP contribution in [0.15, 0.2) is 53.7 Å². The first-order valence-corrected chi connectivity index (χ1v) is 11.3. The van der Waals surface area contributed by atoms with E-state index in [1.165, 1.54) is 22.9 Å². The van der Waals surface area contributed by atoms with Crippen LogP contribution in [0.2, 0.25) is 0 Å². The van der Waals surface area contributed by atoms with Gasteiger partial charge in [0.25, 0.3) is 0 Å². The largest absolute Gasteiger partial charge is 0.497 e. The predicted octanol–water partition coefficient (Wildman–Crippen LogP) is 2.68. The molecule has 0 radical (unpaired) electrons. The van der Waals surface area contributed by atoms with E-state index < -0.39 is 0 Å². The fourth-order valence-corrected chi connectivity index (χ4v) is 4.41. The van der Waals surface area contributed by atoms with Crippen LogP contribution in [-0.2, 0) is 36.0 Å². The van der Waals surface area contributed by atoms with Gasteiger partial charge in [0.2, 0.25) is 11.8 Å². The molecule has 1 aromatic heterocycles. The summed E-state index contributed by atoms with van der Waals surface area (Å²) in [6, 6.07) is 15.4. The van der Waals surface area contributed by atoms with E-state index in [0.29, 0.717) is 23.2 Å². The van der Waals surface area contributed by atoms with E-state index >= 15 is 0 Å². The second kappa shape index (κ2) is 9.86. The van der Waals surface area contributed by atoms with Gasteiger partial charge in [0.15, 0.2) is 5.16 Å². The fourth-order valence-electron chi connectivity index (χ4n) is 3.57. The maximum atomic E-state index is 12.7. The summed E-state index contributed by atoms with van der Waals surface area (Å²) in [5.74, 6) is 1.43. The summed E-state index contributed by atoms with van der Waals surface area (Å²) in [5.41, 5.74) is 3.21. The van der Waals surface area contributed by atoms with Crippen molar-refractivity contribution in [1.29, 1.82) is 0 Å². The standard InChI is InChI=1S/C23H25N5O3S/c1-27-20(13-21(29)24-18-7-9-19(31-2)10-8-18)25-26-23(27)32-15-22(30)28-12-11-16-5-3-4-6-17(16)14-28/h3-10H,11-15H2,1-2H3,(H,24,29). The number of methoxy groups -OCH3 is 1. The smallest absolute Gasteiger partial charge is 0.233 e. The van der Waals surface area contributed by atoms with Gasteiger partial charge in [-0.2, -0.15) is 0 Å². The van der Waals surface area contributed by atoms with Crippen molar-refractivity contribution >= 4 is 29.3 Å². The monoisotopic (exact) mass is 451 g/mol. The highest BCUT2D eigenvalue weighted by molar-refractivity contribution is 7.99. The Balaban J connectivity index is 1.30. The van der Waals surface area contributed by atoms with Crippen molar-refractivity contribution in [3.8, 4) is 5.75 Å². The molecule has 0 bridgehead atoms. The van der Waals surface area contributed by atoms with Crippen molar-refractivity contribution in [3.63, 3.8) is 0 Å². The third kappa shape index (κ3) is 5.11. The number of hydrogen-bond donors (Lipinski definition) is 1. The van der Waals surface area contributed by atoms with Crippen LogP contribution in [0.1, 0.15) is 17.0 Å². The summed E-state index contributed by atoms with van der Waals surface area (Å²) in [4.78, 5) is 27.0. The molecule has 32 heavy (non-hydrogen) atoms. The number of amides is 2. The predicted molar refractivity (Wildman–Crippen MR) is 123 cm³/mol. The van der Waals surface area contributed by atoms with Gasteiger partial charge in [0, 0.05) is 25.8 Å². The van der Waals surface area contributed by atoms with Crippen LogP contribution in [-0.4, -0.2) is 50.9 Å². The highest BCUT2D eigenvalue weighted by atomic mass is 32.2. The van der Waals surface area contributed by atoms with E-state index in [1.807, 2.05) is 17.0 Å². The minimum atomic E-state index is -0.190. The molecular formula is C23H25N5O3S. The lowest BCUT2D eigenvalue weighted by Crippen LogP contribution is -2.37. The lowest BCUT2D eigenvalue weighted by molar-refractivity contribution is -0.129. The van der Waals surface area contributed by atoms with E-state index in [4.69, 9.17) is 4.74 Å². The highest BCUT2D eigenvalue weighted by Crippen LogP contribution is 2.22. The van der Waals surface area contributed by atoms with Crippen LogP contribution < -0.4 is 10.1 Å². The van der Waals surface area contributed by atoms with Crippen molar-refractivity contribution in [1.82, 2.24) is 19.7 Å². The Bertz CT molecular complexity index is 1110. The summed E-state index contributed by atoms with van der Waals surface area (Å²) in [6.45, 7) is 1.37. The molecule has 0 atom stereocenters. The van der Waals surface area contributed by atoms with Gasteiger partial charge in [0.05, 0.1) is 19.3 Å². The van der Waals surface area contributed by atoms with Crippen molar-refractivity contribution < 1.29 is 14.3 Å². The average molecular weight is 452 g/mol. The number of ether oxygens (including phenoxy) is 1. The molecular weight excluding hydrogens is 426 g/mol. The van der Waals surface area contributed by atoms with Crippen LogP contribution in [0.3, 0.4) is 0 Å². The molecule has 2 aromatic carbocycles. The van der Waals surface area contributed by atoms with Gasteiger partial charge in [0.1, 0.15) is 11.6 Å². The van der Waals surface area contributed by atoms with E-state index in [0.717, 1.165) is 18.7 Å². The Hall–Kier alpha value is -3.33. The normalized spacial score (nSPS) is 12.9. The van der Waals surface area contributed by atoms with Crippen molar-refractivity contribution in [2.24, 2.45) is 7.05 Å². The summed E-state index contributed by atoms with van der Waals surface area (Å²) in [7, 11) is 3.40. The van der Waals surface area contributed by atoms with Gasteiger partial charge in [-0.3, -0.25) is 9.59 Å². The van der Waals surface area contributed by atoms with E-state index in [9.17, 15) is 9.59 Å². The molecule has 9 heteroatoms. The third-order valence-corrected chi connectivity index (χ3v) is 6.43. The molecule has 2 amide bonds. The Morgan fingerprint density at radius 2 is 1.84 bits per heavy atom. The first kappa shape index (κ1) is 21.9. The molecule has 166 valence electrons. The topological polar surface area (TPSA) is 89.3 Å². The zero-order valence-corrected chi connectivity index (χ0v) is 18.9. The number of anilines is 1. The molecule has 0 spiro atoms. The van der Waals surface area contributed by atoms with Gasteiger partial charge in [-0.1, -0.05) is 36.0 Å². The van der Waals surface area contributed by atoms with Crippen molar-refractivity contribution in [2.45, 2.75) is 24.5 Å². The molecule has 0 saturated heterocycles. The van der Waals surface area contributed by atoms with Crippen LogP contribution >= 0.6 is 11.8 Å². The number of nitrogens with one attached hydrogen (secondary N) is 1. The van der Waals surface area contributed by atoms with Crippen LogP contribution in [0.25, 0.3) is 0 Å². The Morgan fingerprint density at radius 3 is 2.59 bits per heavy atom. The highest BCUT2D eigenvalue weighted by Gasteiger charge is 2.21. The maximum absolute atomic E-state index is 12.7. The van der Waals surface area contributed by atoms with Crippen LogP contribution in [0, 0.1) is 0 Å². The lowest BCUT2D eigenvalue weighted by Gasteiger charge is -2.28. The molecule has 0 fully saturated rings. The molecule has 1 aliphatic rings. The Labute approximate surface area is 191 Å². The molecule has 8 nitrogen and oxygen atoms in total. The molecule has 0 aliphatic carbocycles. The zero-order chi connectivity index (χ0) is 22.5. The number of fused-ring (bicyclic) bond motifs is 1. The quantitative estimate of drug-likeness (QED) is 0.556. The SMILES string of the molecule is COc1ccc(NC(=O)Cc2nnc(SCC(=O)N3CCc4ccccc4C3)n2C)cc1. The van der Waals surface area contributed by atoms with Gasteiger partial charge in [-0.25, -0.2) is 0 Å². The van der Waals surface area contributed by atoms with Gasteiger partial charge in [-0.15, -0.1) is 10.2 Å². The number of hydrogen-bond acceptors (Lipinski definition) is 6. The number of carbonyl (C=O) groups is 2. The number of aromatic nitrogens is 3. The van der Waals surface area contributed by atoms with Crippen LogP contribution in [0.4, 0.5) is 5.69 Å². The van der Waals surface area contributed by atoms with E-state index in [2.05, 4.69) is 27.6 Å². The van der Waals surface area contributed by atoms with Gasteiger partial charge >= 0.3 is 0 Å². The first-order valence-electron chi connectivity index (χ1n) is 10.3. The molecule has 2 heterocycles. The Morgan fingerprint density at radius 1 is 1.09 bits per heavy atom. The lowest BCUT2D eigenvalue weighted by atomic mass is 10.00. The molecule has 4 rings (SSSR count). The zero-order valence-electron chi connectivity index (χ0n) is 18.1. The molecule has 1 aliphatic heterocycles. The minimum Gasteiger partial charge on any atom is -0.497 e. The van der Waals surface area contributed by atoms with E-state index in [1.54, 1.807) is 43.0 Å². The molecule has 3 aromatic rings. The summed E-state index contributed by atoms with van der Waals surface area (Å²) >= 11 is 1.34. The number of carbonyl (C=O) groups excluding carboxylic acids is 2. The van der Waals surface area contributed by atoms with Gasteiger partial charge in [-0.05, 0) is 41.8 Å². The second-order valence-electron chi connectivity index (χ2n) is 7.53. The second-order valence-corrected chi connectivity index (χ2v) is 8.48. The summed E-state index contributed by atoms with van der Waals surface area (Å²) in [6.07, 6.45) is 0.969. The maximum Gasteiger partial charge on any atom is 0.233 e. The summed E-state index contributed by atoms with van der Waals surface area (Å²) in [5, 5.41) is 11.7. The molecule has 0 saturated carbocycles.